The van der Waals surface area contributed by atoms with Crippen molar-refractivity contribution < 1.29 is 18.0 Å². The smallest absolute Gasteiger partial charge is 0.362 e. The number of nitrogens with one attached hydrogen (secondary N) is 1. The van der Waals surface area contributed by atoms with Gasteiger partial charge in [-0.2, -0.15) is 13.2 Å². The van der Waals surface area contributed by atoms with Crippen LogP contribution in [0, 0.1) is 0 Å². The van der Waals surface area contributed by atoms with Gasteiger partial charge >= 0.3 is 6.18 Å². The molecule has 13 heavy (non-hydrogen) atoms. The lowest BCUT2D eigenvalue weighted by atomic mass is 10.3. The Morgan fingerprint density at radius 1 is 1.46 bits per heavy atom. The highest BCUT2D eigenvalue weighted by Gasteiger charge is 2.35. The van der Waals surface area contributed by atoms with Gasteiger partial charge in [0, 0.05) is 11.9 Å². The topological polar surface area (TPSA) is 32.9 Å². The van der Waals surface area contributed by atoms with Gasteiger partial charge in [-0.25, -0.2) is 0 Å². The molecule has 1 aromatic rings. The molecule has 1 aromatic heterocycles. The molecule has 0 amide bonds. The number of alkyl halides is 3. The Bertz CT molecular complexity index is 311. The molecule has 0 aliphatic carbocycles. The Kier molecular flexibility index (Phi) is 2.55. The Labute approximate surface area is 72.1 Å². The Balaban J connectivity index is 2.65. The van der Waals surface area contributed by atoms with Crippen LogP contribution in [0.25, 0.3) is 6.08 Å². The lowest BCUT2D eigenvalue weighted by molar-refractivity contribution is -0.165. The first-order valence-corrected chi connectivity index (χ1v) is 3.43. The van der Waals surface area contributed by atoms with Gasteiger partial charge in [-0.15, -0.1) is 0 Å². The summed E-state index contributed by atoms with van der Waals surface area (Å²) in [6.45, 7) is 0. The minimum atomic E-state index is -4.79. The van der Waals surface area contributed by atoms with Crippen molar-refractivity contribution in [1.29, 1.82) is 0 Å². The molecule has 1 heterocycles. The second kappa shape index (κ2) is 3.47. The third-order valence-corrected chi connectivity index (χ3v) is 1.32. The number of halogens is 3. The molecule has 0 saturated heterocycles. The van der Waals surface area contributed by atoms with E-state index in [1.165, 1.54) is 0 Å². The number of carbonyl (C=O) groups excluding carboxylic acids is 1. The number of hydrogen-bond donors (Lipinski definition) is 1. The summed E-state index contributed by atoms with van der Waals surface area (Å²) in [6, 6.07) is 3.18. The molecule has 2 nitrogen and oxygen atoms in total. The van der Waals surface area contributed by atoms with Crippen molar-refractivity contribution in [2.75, 3.05) is 0 Å². The molecule has 0 saturated carbocycles. The monoisotopic (exact) mass is 189 g/mol. The maximum Gasteiger partial charge on any atom is 0.454 e. The molecule has 1 rings (SSSR count). The summed E-state index contributed by atoms with van der Waals surface area (Å²) in [6.07, 6.45) is -1.66. The van der Waals surface area contributed by atoms with E-state index >= 15 is 0 Å². The summed E-state index contributed by atoms with van der Waals surface area (Å²) in [5.74, 6) is -1.86. The molecule has 0 bridgehead atoms. The third kappa shape index (κ3) is 2.77. The first-order chi connectivity index (χ1) is 6.00. The van der Waals surface area contributed by atoms with Crippen molar-refractivity contribution >= 4 is 11.9 Å². The van der Waals surface area contributed by atoms with Crippen LogP contribution in [0.4, 0.5) is 13.2 Å². The van der Waals surface area contributed by atoms with Gasteiger partial charge in [-0.1, -0.05) is 0 Å². The fourth-order valence-corrected chi connectivity index (χ4v) is 0.708. The number of H-pyrrole nitrogens is 1. The second-order valence-electron chi connectivity index (χ2n) is 2.32. The number of hydrogen-bond acceptors (Lipinski definition) is 1. The standard InChI is InChI=1S/C8H6F3NO/c9-8(10,11)7(13)4-3-6-2-1-5-12-6/h1-5,12H/b4-3+. The van der Waals surface area contributed by atoms with Crippen LogP contribution in [0.3, 0.4) is 0 Å². The van der Waals surface area contributed by atoms with Crippen molar-refractivity contribution in [2.24, 2.45) is 0 Å². The normalized spacial score (nSPS) is 12.2. The van der Waals surface area contributed by atoms with Gasteiger partial charge in [0.25, 0.3) is 5.78 Å². The number of aromatic nitrogens is 1. The number of allylic oxidation sites excluding steroid dienone is 1. The van der Waals surface area contributed by atoms with Crippen LogP contribution in [0.1, 0.15) is 5.69 Å². The lowest BCUT2D eigenvalue weighted by Gasteiger charge is -1.98. The van der Waals surface area contributed by atoms with Gasteiger partial charge in [-0.3, -0.25) is 4.79 Å². The Morgan fingerprint density at radius 2 is 2.15 bits per heavy atom. The molecule has 70 valence electrons. The molecule has 0 aliphatic rings. The molecule has 0 fully saturated rings. The van der Waals surface area contributed by atoms with Gasteiger partial charge < -0.3 is 4.98 Å². The number of carbonyl (C=O) groups is 1. The molecule has 5 heteroatoms. The van der Waals surface area contributed by atoms with Crippen molar-refractivity contribution in [3.63, 3.8) is 0 Å². The van der Waals surface area contributed by atoms with Gasteiger partial charge in [-0.05, 0) is 24.3 Å². The van der Waals surface area contributed by atoms with E-state index in [0.29, 0.717) is 11.8 Å². The van der Waals surface area contributed by atoms with Crippen molar-refractivity contribution in [1.82, 2.24) is 4.98 Å². The van der Waals surface area contributed by atoms with Gasteiger partial charge in [0.15, 0.2) is 0 Å². The van der Waals surface area contributed by atoms with Crippen LogP contribution in [-0.2, 0) is 4.79 Å². The first-order valence-electron chi connectivity index (χ1n) is 3.43. The molecule has 0 unspecified atom stereocenters. The highest BCUT2D eigenvalue weighted by molar-refractivity contribution is 5.97. The number of rotatable bonds is 2. The van der Waals surface area contributed by atoms with E-state index < -0.39 is 12.0 Å². The fraction of sp³-hybridized carbons (Fsp3) is 0.125. The lowest BCUT2D eigenvalue weighted by Crippen LogP contribution is -2.19. The van der Waals surface area contributed by atoms with Crippen LogP contribution in [0.2, 0.25) is 0 Å². The van der Waals surface area contributed by atoms with Crippen molar-refractivity contribution in [2.45, 2.75) is 6.18 Å². The molecule has 0 spiro atoms. The second-order valence-corrected chi connectivity index (χ2v) is 2.32. The highest BCUT2D eigenvalue weighted by Crippen LogP contribution is 2.16. The molecular formula is C8H6F3NO. The molecule has 0 radical (unpaired) electrons. The predicted octanol–water partition coefficient (Wildman–Crippen LogP) is 2.16. The van der Waals surface area contributed by atoms with Crippen molar-refractivity contribution in [3.05, 3.63) is 30.1 Å². The van der Waals surface area contributed by atoms with Crippen LogP contribution in [0.15, 0.2) is 24.4 Å². The number of aromatic amines is 1. The van der Waals surface area contributed by atoms with Crippen LogP contribution >= 0.6 is 0 Å². The average molecular weight is 189 g/mol. The predicted molar refractivity (Wildman–Crippen MR) is 40.9 cm³/mol. The summed E-state index contributed by atoms with van der Waals surface area (Å²) in [5.41, 5.74) is 0.456. The Hall–Kier alpha value is -1.52. The maximum atomic E-state index is 11.7. The third-order valence-electron chi connectivity index (χ3n) is 1.32. The summed E-state index contributed by atoms with van der Waals surface area (Å²) in [4.78, 5) is 13.0. The molecule has 1 N–H and O–H groups in total. The van der Waals surface area contributed by atoms with Gasteiger partial charge in [0.05, 0.1) is 0 Å². The fourth-order valence-electron chi connectivity index (χ4n) is 0.708. The average Bonchev–Trinajstić information content (AvgIpc) is 2.50. The summed E-state index contributed by atoms with van der Waals surface area (Å²) >= 11 is 0. The minimum absolute atomic E-state index is 0.456. The van der Waals surface area contributed by atoms with Crippen molar-refractivity contribution in [3.8, 4) is 0 Å². The van der Waals surface area contributed by atoms with E-state index in [9.17, 15) is 18.0 Å². The number of ketones is 1. The van der Waals surface area contributed by atoms with E-state index in [-0.39, 0.29) is 0 Å². The SMILES string of the molecule is O=C(/C=C/c1ccc[nH]1)C(F)(F)F. The van der Waals surface area contributed by atoms with Gasteiger partial charge in [0.2, 0.25) is 0 Å². The largest absolute Gasteiger partial charge is 0.454 e. The maximum absolute atomic E-state index is 11.7. The molecule has 0 aliphatic heterocycles. The van der Waals surface area contributed by atoms with E-state index in [2.05, 4.69) is 4.98 Å². The quantitative estimate of drug-likeness (QED) is 0.710. The minimum Gasteiger partial charge on any atom is -0.362 e. The zero-order valence-corrected chi connectivity index (χ0v) is 6.43. The summed E-state index contributed by atoms with van der Waals surface area (Å²) in [5, 5.41) is 0. The Morgan fingerprint density at radius 3 is 2.62 bits per heavy atom. The molecular weight excluding hydrogens is 183 g/mol. The van der Waals surface area contributed by atoms with E-state index in [0.717, 1.165) is 6.08 Å². The molecule has 0 aromatic carbocycles. The van der Waals surface area contributed by atoms with Crippen LogP contribution < -0.4 is 0 Å². The van der Waals surface area contributed by atoms with Crippen LogP contribution in [-0.4, -0.2) is 16.9 Å². The van der Waals surface area contributed by atoms with E-state index in [4.69, 9.17) is 0 Å². The highest BCUT2D eigenvalue weighted by atomic mass is 19.4. The molecule has 0 atom stereocenters. The first kappa shape index (κ1) is 9.57. The zero-order chi connectivity index (χ0) is 9.90. The summed E-state index contributed by atoms with van der Waals surface area (Å²) in [7, 11) is 0. The summed E-state index contributed by atoms with van der Waals surface area (Å²) < 4.78 is 35.0. The van der Waals surface area contributed by atoms with Gasteiger partial charge in [0.1, 0.15) is 0 Å². The van der Waals surface area contributed by atoms with E-state index in [1.807, 2.05) is 0 Å². The van der Waals surface area contributed by atoms with Crippen LogP contribution in [0.5, 0.6) is 0 Å². The van der Waals surface area contributed by atoms with E-state index in [1.54, 1.807) is 18.3 Å². The zero-order valence-electron chi connectivity index (χ0n) is 6.43.